The lowest BCUT2D eigenvalue weighted by molar-refractivity contribution is -0.208. The van der Waals surface area contributed by atoms with Crippen LogP contribution in [0, 0.1) is 0 Å². The van der Waals surface area contributed by atoms with Crippen LogP contribution in [0.1, 0.15) is 0 Å². The number of hydrogen-bond acceptors (Lipinski definition) is 11. The molecular formula is C50H44N8O5. The van der Waals surface area contributed by atoms with E-state index in [9.17, 15) is 9.59 Å². The molecule has 0 saturated heterocycles. The van der Waals surface area contributed by atoms with Crippen molar-refractivity contribution in [3.63, 3.8) is 0 Å². The van der Waals surface area contributed by atoms with Crippen molar-refractivity contribution in [1.82, 2.24) is 15.2 Å². The van der Waals surface area contributed by atoms with Gasteiger partial charge in [0.2, 0.25) is 0 Å². The van der Waals surface area contributed by atoms with Gasteiger partial charge >= 0.3 is 12.2 Å². The largest absolute Gasteiger partial charge is 0.454 e. The molecule has 0 aliphatic carbocycles. The highest BCUT2D eigenvalue weighted by molar-refractivity contribution is 6.12. The number of benzene rings is 7. The van der Waals surface area contributed by atoms with Crippen LogP contribution in [0.5, 0.6) is 5.75 Å². The molecule has 0 atom stereocenters. The van der Waals surface area contributed by atoms with E-state index >= 15 is 0 Å². The first-order chi connectivity index (χ1) is 30.9. The summed E-state index contributed by atoms with van der Waals surface area (Å²) in [5.41, 5.74) is 6.13. The van der Waals surface area contributed by atoms with Gasteiger partial charge in [-0.1, -0.05) is 120 Å². The van der Waals surface area contributed by atoms with E-state index in [4.69, 9.17) is 14.3 Å². The van der Waals surface area contributed by atoms with Crippen molar-refractivity contribution in [3.8, 4) is 5.75 Å². The highest BCUT2D eigenvalue weighted by Crippen LogP contribution is 2.58. The fourth-order valence-corrected chi connectivity index (χ4v) is 7.07. The number of nitrogens with one attached hydrogen (secondary N) is 4. The second kappa shape index (κ2) is 19.2. The van der Waals surface area contributed by atoms with Gasteiger partial charge in [-0.2, -0.15) is 5.01 Å². The van der Waals surface area contributed by atoms with E-state index in [-0.39, 0.29) is 5.75 Å². The highest BCUT2D eigenvalue weighted by Gasteiger charge is 2.34. The Morgan fingerprint density at radius 3 is 1.63 bits per heavy atom. The van der Waals surface area contributed by atoms with E-state index in [1.165, 1.54) is 21.3 Å². The van der Waals surface area contributed by atoms with Crippen molar-refractivity contribution >= 4 is 85.7 Å². The van der Waals surface area contributed by atoms with Crippen molar-refractivity contribution in [2.75, 3.05) is 47.4 Å². The second-order valence-electron chi connectivity index (χ2n) is 14.0. The number of carbonyl (C=O) groups is 2. The zero-order valence-corrected chi connectivity index (χ0v) is 34.7. The minimum atomic E-state index is -0.986. The molecule has 7 aromatic carbocycles. The van der Waals surface area contributed by atoms with Crippen molar-refractivity contribution in [2.45, 2.75) is 0 Å². The van der Waals surface area contributed by atoms with Crippen LogP contribution >= 0.6 is 0 Å². The normalized spacial score (nSPS) is 10.7. The number of nitrogens with zero attached hydrogens (tertiary/aromatic N) is 4. The van der Waals surface area contributed by atoms with Crippen molar-refractivity contribution in [2.24, 2.45) is 0 Å². The lowest BCUT2D eigenvalue weighted by atomic mass is 10.0. The number of methoxy groups -OCH3 is 1. The fourth-order valence-electron chi connectivity index (χ4n) is 7.07. The van der Waals surface area contributed by atoms with Crippen molar-refractivity contribution < 1.29 is 23.9 Å². The smallest absolute Gasteiger partial charge is 0.450 e. The minimum Gasteiger partial charge on any atom is -0.450 e. The van der Waals surface area contributed by atoms with Crippen LogP contribution in [-0.2, 0) is 9.57 Å². The van der Waals surface area contributed by atoms with Crippen molar-refractivity contribution in [1.29, 1.82) is 0 Å². The first-order valence-electron chi connectivity index (χ1n) is 20.0. The molecule has 13 heteroatoms. The van der Waals surface area contributed by atoms with Gasteiger partial charge in [-0.3, -0.25) is 4.84 Å². The number of hydroxylamine groups is 1. The number of rotatable bonds is 13. The summed E-state index contributed by atoms with van der Waals surface area (Å²) in [5, 5.41) is 18.2. The Bertz CT molecular complexity index is 2760. The average molecular weight is 837 g/mol. The summed E-state index contributed by atoms with van der Waals surface area (Å²) in [6, 6.07) is 58.9. The Hall–Kier alpha value is -8.55. The summed E-state index contributed by atoms with van der Waals surface area (Å²) in [6.45, 7) is 0. The van der Waals surface area contributed by atoms with E-state index < -0.39 is 12.2 Å². The zero-order chi connectivity index (χ0) is 43.5. The van der Waals surface area contributed by atoms with Crippen LogP contribution in [0.25, 0.3) is 10.8 Å². The Balaban J connectivity index is 1.54. The first kappa shape index (κ1) is 41.2. The molecule has 1 heterocycles. The quantitative estimate of drug-likeness (QED) is 0.0827. The van der Waals surface area contributed by atoms with Crippen LogP contribution in [0.4, 0.5) is 72.3 Å². The van der Waals surface area contributed by atoms with Gasteiger partial charge in [-0.15, -0.1) is 0 Å². The van der Waals surface area contributed by atoms with Crippen LogP contribution in [0.15, 0.2) is 188 Å². The number of carbonyl (C=O) groups excluding carboxylic acids is 2. The van der Waals surface area contributed by atoms with Gasteiger partial charge in [0.05, 0.1) is 31.3 Å². The molecule has 13 nitrogen and oxygen atoms in total. The summed E-state index contributed by atoms with van der Waals surface area (Å²) in [6.07, 6.45) is -0.269. The highest BCUT2D eigenvalue weighted by atomic mass is 16.8. The number of para-hydroxylation sites is 4. The SMILES string of the molecule is COC(=O)N(OC)N(C)C(=O)Oc1c(Nc2ccccc2)c(Nc2ccccc2)c(N(c2ccccc2)c2ccccc2)c(Nc2cccc3ccccc23)c1Nc1ccccn1. The molecule has 1 aromatic heterocycles. The molecule has 0 bridgehead atoms. The lowest BCUT2D eigenvalue weighted by Gasteiger charge is -2.35. The maximum atomic E-state index is 14.6. The molecule has 4 N–H and O–H groups in total. The lowest BCUT2D eigenvalue weighted by Crippen LogP contribution is -2.47. The molecule has 0 fully saturated rings. The molecule has 0 spiro atoms. The molecule has 314 valence electrons. The van der Waals surface area contributed by atoms with Gasteiger partial charge in [0.15, 0.2) is 5.75 Å². The summed E-state index contributed by atoms with van der Waals surface area (Å²) >= 11 is 0. The maximum Gasteiger partial charge on any atom is 0.454 e. The van der Waals surface area contributed by atoms with Gasteiger partial charge in [0, 0.05) is 47.1 Å². The summed E-state index contributed by atoms with van der Waals surface area (Å²) in [4.78, 5) is 39.5. The monoisotopic (exact) mass is 836 g/mol. The number of hydrazine groups is 1. The summed E-state index contributed by atoms with van der Waals surface area (Å²) < 4.78 is 11.5. The molecule has 0 unspecified atom stereocenters. The zero-order valence-electron chi connectivity index (χ0n) is 34.7. The van der Waals surface area contributed by atoms with E-state index in [1.54, 1.807) is 6.20 Å². The number of anilines is 11. The van der Waals surface area contributed by atoms with Crippen LogP contribution in [0.2, 0.25) is 0 Å². The van der Waals surface area contributed by atoms with Crippen LogP contribution < -0.4 is 30.9 Å². The first-order valence-corrected chi connectivity index (χ1v) is 20.0. The third-order valence-electron chi connectivity index (χ3n) is 9.96. The molecule has 0 aliphatic rings. The van der Waals surface area contributed by atoms with Gasteiger partial charge in [0.1, 0.15) is 17.2 Å². The summed E-state index contributed by atoms with van der Waals surface area (Å²) in [5.74, 6) is 0.483. The van der Waals surface area contributed by atoms with E-state index in [2.05, 4.69) is 43.3 Å². The topological polar surface area (TPSA) is 133 Å². The Kier molecular flexibility index (Phi) is 12.6. The number of pyridine rings is 1. The molecule has 2 amide bonds. The Labute approximate surface area is 365 Å². The van der Waals surface area contributed by atoms with Gasteiger partial charge in [-0.05, 0) is 72.1 Å². The fraction of sp³-hybridized carbons (Fsp3) is 0.0600. The number of hydrogen-bond donors (Lipinski definition) is 4. The minimum absolute atomic E-state index is 0.0354. The average Bonchev–Trinajstić information content (AvgIpc) is 3.34. The third kappa shape index (κ3) is 9.14. The molecule has 0 saturated carbocycles. The van der Waals surface area contributed by atoms with E-state index in [0.717, 1.165) is 38.5 Å². The second-order valence-corrected chi connectivity index (χ2v) is 14.0. The Morgan fingerprint density at radius 1 is 0.524 bits per heavy atom. The Morgan fingerprint density at radius 2 is 1.05 bits per heavy atom. The molecule has 8 aromatic rings. The predicted molar refractivity (Wildman–Crippen MR) is 250 cm³/mol. The molecule has 63 heavy (non-hydrogen) atoms. The van der Waals surface area contributed by atoms with E-state index in [0.29, 0.717) is 45.1 Å². The predicted octanol–water partition coefficient (Wildman–Crippen LogP) is 12.7. The summed E-state index contributed by atoms with van der Waals surface area (Å²) in [7, 11) is 3.75. The number of fused-ring (bicyclic) bond motifs is 1. The number of ether oxygens (including phenoxy) is 2. The van der Waals surface area contributed by atoms with Crippen LogP contribution in [0.3, 0.4) is 0 Å². The van der Waals surface area contributed by atoms with Crippen molar-refractivity contribution in [3.05, 3.63) is 188 Å². The van der Waals surface area contributed by atoms with Gasteiger partial charge in [-0.25, -0.2) is 14.6 Å². The third-order valence-corrected chi connectivity index (χ3v) is 9.96. The maximum absolute atomic E-state index is 14.6. The number of amides is 2. The molecule has 0 aliphatic heterocycles. The standard InChI is InChI=1S/C50H44N8O5/c1-56(58(62-3)50(60)61-2)49(59)63-48-45(53-37-25-10-5-11-26-37)43(52-36-23-8-4-9-24-36)47(57(38-27-12-6-13-28-38)39-29-14-7-15-30-39)44(46(48)55-42-33-18-19-34-51-42)54-41-32-20-22-35-21-16-17-31-40(35)41/h4-34,52-54H,1-3H3,(H,51,55). The van der Waals surface area contributed by atoms with Gasteiger partial charge < -0.3 is 35.6 Å². The molecule has 0 radical (unpaired) electrons. The molecule has 8 rings (SSSR count). The van der Waals surface area contributed by atoms with Crippen LogP contribution in [-0.4, -0.2) is 48.6 Å². The van der Waals surface area contributed by atoms with Gasteiger partial charge in [0.25, 0.3) is 0 Å². The number of aromatic nitrogens is 1. The molecular weight excluding hydrogens is 793 g/mol. The van der Waals surface area contributed by atoms with E-state index in [1.807, 2.05) is 170 Å².